The third-order valence-corrected chi connectivity index (χ3v) is 5.70. The van der Waals surface area contributed by atoms with Crippen molar-refractivity contribution in [3.05, 3.63) is 53.1 Å². The molecule has 1 aromatic rings. The minimum absolute atomic E-state index is 0.296. The maximum Gasteiger partial charge on any atom is 0.119 e. The van der Waals surface area contributed by atoms with Gasteiger partial charge in [0.05, 0.1) is 0 Å². The van der Waals surface area contributed by atoms with Gasteiger partial charge < -0.3 is 10.0 Å². The fraction of sp³-hybridized carbons (Fsp3) is 0.412. The summed E-state index contributed by atoms with van der Waals surface area (Å²) >= 11 is 9.97. The number of rotatable bonds is 2. The predicted octanol–water partition coefficient (Wildman–Crippen LogP) is 4.11. The summed E-state index contributed by atoms with van der Waals surface area (Å²) in [5, 5.41) is 11.0. The van der Waals surface area contributed by atoms with Crippen molar-refractivity contribution in [2.45, 2.75) is 10.7 Å². The lowest BCUT2D eigenvalue weighted by Crippen LogP contribution is -2.28. The van der Waals surface area contributed by atoms with Crippen LogP contribution in [0.5, 0.6) is 5.75 Å². The summed E-state index contributed by atoms with van der Waals surface area (Å²) in [6.07, 6.45) is 6.22. The molecule has 2 aliphatic rings. The van der Waals surface area contributed by atoms with Gasteiger partial charge in [-0.2, -0.15) is 0 Å². The summed E-state index contributed by atoms with van der Waals surface area (Å²) in [6, 6.07) is 7.69. The molecule has 112 valence electrons. The van der Waals surface area contributed by atoms with E-state index in [-0.39, 0.29) is 0 Å². The highest BCUT2D eigenvalue weighted by molar-refractivity contribution is 9.09. The zero-order valence-corrected chi connectivity index (χ0v) is 14.3. The number of phenols is 1. The molecular formula is C17H19BrClNO. The summed E-state index contributed by atoms with van der Waals surface area (Å²) in [6.45, 7) is 1.98. The lowest BCUT2D eigenvalue weighted by Gasteiger charge is -2.30. The smallest absolute Gasteiger partial charge is 0.119 e. The Morgan fingerprint density at radius 3 is 2.81 bits per heavy atom. The highest BCUT2D eigenvalue weighted by atomic mass is 79.9. The second-order valence-corrected chi connectivity index (χ2v) is 7.48. The molecule has 1 aromatic carbocycles. The average Bonchev–Trinajstić information content (AvgIpc) is 2.83. The van der Waals surface area contributed by atoms with E-state index in [1.807, 2.05) is 24.3 Å². The van der Waals surface area contributed by atoms with Crippen LogP contribution in [0.25, 0.3) is 0 Å². The van der Waals surface area contributed by atoms with E-state index in [0.29, 0.717) is 28.3 Å². The number of hydrogen-bond acceptors (Lipinski definition) is 2. The van der Waals surface area contributed by atoms with Gasteiger partial charge in [-0.15, -0.1) is 0 Å². The summed E-state index contributed by atoms with van der Waals surface area (Å²) in [5.41, 5.74) is 1.05. The number of likely N-dealkylation sites (tertiary alicyclic amines) is 1. The van der Waals surface area contributed by atoms with E-state index in [2.05, 4.69) is 40.0 Å². The molecule has 0 spiro atoms. The van der Waals surface area contributed by atoms with Crippen molar-refractivity contribution in [3.63, 3.8) is 0 Å². The van der Waals surface area contributed by atoms with Gasteiger partial charge >= 0.3 is 0 Å². The van der Waals surface area contributed by atoms with Gasteiger partial charge in [0.25, 0.3) is 0 Å². The number of alkyl halides is 1. The second-order valence-electron chi connectivity index (χ2n) is 5.98. The number of phenolic OH excluding ortho intramolecular Hbond substituents is 1. The first-order valence-corrected chi connectivity index (χ1v) is 8.51. The summed E-state index contributed by atoms with van der Waals surface area (Å²) < 4.78 is 0. The first-order chi connectivity index (χ1) is 10.1. The molecule has 0 saturated carbocycles. The molecule has 0 amide bonds. The maximum absolute atomic E-state index is 10.2. The monoisotopic (exact) mass is 367 g/mol. The van der Waals surface area contributed by atoms with Crippen LogP contribution < -0.4 is 0 Å². The van der Waals surface area contributed by atoms with Gasteiger partial charge in [0.2, 0.25) is 0 Å². The van der Waals surface area contributed by atoms with Crippen molar-refractivity contribution in [2.24, 2.45) is 11.8 Å². The summed E-state index contributed by atoms with van der Waals surface area (Å²) in [4.78, 5) is 2.63. The van der Waals surface area contributed by atoms with Crippen LogP contribution in [0.15, 0.2) is 47.5 Å². The first kappa shape index (κ1) is 15.1. The van der Waals surface area contributed by atoms with Gasteiger partial charge in [0.1, 0.15) is 5.75 Å². The molecule has 1 heterocycles. The van der Waals surface area contributed by atoms with Crippen LogP contribution in [0.2, 0.25) is 0 Å². The van der Waals surface area contributed by atoms with E-state index in [9.17, 15) is 5.11 Å². The van der Waals surface area contributed by atoms with Crippen LogP contribution in [0, 0.1) is 11.8 Å². The Labute approximate surface area is 139 Å². The number of likely N-dealkylation sites (N-methyl/N-ethyl adjacent to an activating group) is 1. The Kier molecular flexibility index (Phi) is 4.43. The third kappa shape index (κ3) is 3.05. The third-order valence-electron chi connectivity index (χ3n) is 4.54. The molecule has 2 unspecified atom stereocenters. The van der Waals surface area contributed by atoms with Gasteiger partial charge in [-0.1, -0.05) is 57.9 Å². The summed E-state index contributed by atoms with van der Waals surface area (Å²) in [7, 11) is 2.14. The zero-order chi connectivity index (χ0) is 15.0. The molecule has 4 atom stereocenters. The molecule has 0 bridgehead atoms. The fourth-order valence-corrected chi connectivity index (χ4v) is 4.47. The number of nitrogens with zero attached hydrogens (tertiary/aromatic N) is 1. The van der Waals surface area contributed by atoms with Gasteiger partial charge in [0, 0.05) is 28.9 Å². The second kappa shape index (κ2) is 6.15. The van der Waals surface area contributed by atoms with Gasteiger partial charge in [-0.3, -0.25) is 0 Å². The topological polar surface area (TPSA) is 23.5 Å². The van der Waals surface area contributed by atoms with E-state index in [1.54, 1.807) is 6.07 Å². The normalized spacial score (nSPS) is 33.2. The Balaban J connectivity index is 1.93. The molecular weight excluding hydrogens is 350 g/mol. The van der Waals surface area contributed by atoms with Crippen molar-refractivity contribution in [1.29, 1.82) is 0 Å². The number of allylic oxidation sites excluding steroid dienone is 4. The van der Waals surface area contributed by atoms with Crippen LogP contribution in [0.3, 0.4) is 0 Å². The Hall–Kier alpha value is -0.770. The number of hydrogen-bond donors (Lipinski definition) is 1. The van der Waals surface area contributed by atoms with E-state index in [4.69, 9.17) is 11.6 Å². The zero-order valence-electron chi connectivity index (χ0n) is 11.9. The number of aromatic hydroxyl groups is 1. The molecule has 1 fully saturated rings. The van der Waals surface area contributed by atoms with Crippen LogP contribution in [-0.4, -0.2) is 35.0 Å². The molecule has 21 heavy (non-hydrogen) atoms. The van der Waals surface area contributed by atoms with E-state index in [0.717, 1.165) is 23.7 Å². The molecule has 3 rings (SSSR count). The highest BCUT2D eigenvalue weighted by Crippen LogP contribution is 2.44. The number of halogens is 2. The number of benzene rings is 1. The highest BCUT2D eigenvalue weighted by Gasteiger charge is 2.40. The lowest BCUT2D eigenvalue weighted by molar-refractivity contribution is 0.354. The van der Waals surface area contributed by atoms with E-state index in [1.165, 1.54) is 0 Å². The average molecular weight is 369 g/mol. The molecule has 0 aromatic heterocycles. The van der Waals surface area contributed by atoms with Gasteiger partial charge in [0.15, 0.2) is 0 Å². The summed E-state index contributed by atoms with van der Waals surface area (Å²) in [5.74, 6) is 1.51. The molecule has 1 saturated heterocycles. The quantitative estimate of drug-likeness (QED) is 0.794. The Bertz CT molecular complexity index is 586. The molecule has 0 radical (unpaired) electrons. The molecule has 4 heteroatoms. The molecule has 2 nitrogen and oxygen atoms in total. The molecule has 1 aliphatic heterocycles. The fourth-order valence-electron chi connectivity index (χ4n) is 3.56. The Morgan fingerprint density at radius 1 is 1.29 bits per heavy atom. The van der Waals surface area contributed by atoms with Gasteiger partial charge in [-0.05, 0) is 36.6 Å². The lowest BCUT2D eigenvalue weighted by atomic mass is 9.77. The maximum atomic E-state index is 10.2. The van der Waals surface area contributed by atoms with Gasteiger partial charge in [-0.25, -0.2) is 0 Å². The van der Waals surface area contributed by atoms with Crippen LogP contribution >= 0.6 is 27.5 Å². The first-order valence-electron chi connectivity index (χ1n) is 7.22. The minimum Gasteiger partial charge on any atom is -0.508 e. The standard InChI is InChI=1S/C17H19BrClNO/c1-20-9-14(12-4-2-3-5-17(12)21)15(10-20)13-8-11(19)6-7-16(13)18/h2-8,13-16,21H,9-10H2,1H3/t13?,14-,15-,16?/m1/s1. The van der Waals surface area contributed by atoms with Crippen molar-refractivity contribution < 1.29 is 5.11 Å². The van der Waals surface area contributed by atoms with Crippen LogP contribution in [0.1, 0.15) is 11.5 Å². The van der Waals surface area contributed by atoms with Crippen molar-refractivity contribution in [2.75, 3.05) is 20.1 Å². The van der Waals surface area contributed by atoms with E-state index >= 15 is 0 Å². The van der Waals surface area contributed by atoms with Crippen molar-refractivity contribution >= 4 is 27.5 Å². The van der Waals surface area contributed by atoms with Crippen LogP contribution in [0.4, 0.5) is 0 Å². The largest absolute Gasteiger partial charge is 0.508 e. The SMILES string of the molecule is CN1C[C@H](c2ccccc2O)[C@@H](C2C=C(Cl)C=CC2Br)C1. The van der Waals surface area contributed by atoms with E-state index < -0.39 is 0 Å². The van der Waals surface area contributed by atoms with Crippen molar-refractivity contribution in [3.8, 4) is 5.75 Å². The number of para-hydroxylation sites is 1. The minimum atomic E-state index is 0.296. The molecule has 1 N–H and O–H groups in total. The van der Waals surface area contributed by atoms with Crippen molar-refractivity contribution in [1.82, 2.24) is 4.90 Å². The van der Waals surface area contributed by atoms with Crippen LogP contribution in [-0.2, 0) is 0 Å². The molecule has 1 aliphatic carbocycles. The predicted molar refractivity (Wildman–Crippen MR) is 91.1 cm³/mol. The Morgan fingerprint density at radius 2 is 2.05 bits per heavy atom.